The fraction of sp³-hybridized carbons (Fsp3) is 0.412. The Morgan fingerprint density at radius 1 is 1.32 bits per heavy atom. The van der Waals surface area contributed by atoms with Crippen molar-refractivity contribution in [2.45, 2.75) is 0 Å². The minimum Gasteiger partial charge on any atom is -0.497 e. The van der Waals surface area contributed by atoms with Crippen molar-refractivity contribution in [1.82, 2.24) is 15.2 Å². The molecule has 1 fully saturated rings. The van der Waals surface area contributed by atoms with Crippen LogP contribution in [-0.4, -0.2) is 62.3 Å². The predicted molar refractivity (Wildman–Crippen MR) is 98.0 cm³/mol. The van der Waals surface area contributed by atoms with Gasteiger partial charge in [-0.15, -0.1) is 11.3 Å². The summed E-state index contributed by atoms with van der Waals surface area (Å²) in [5.41, 5.74) is 1.33. The minimum atomic E-state index is -0.146. The van der Waals surface area contributed by atoms with Crippen molar-refractivity contribution in [1.29, 1.82) is 0 Å². The highest BCUT2D eigenvalue weighted by atomic mass is 32.1. The van der Waals surface area contributed by atoms with E-state index in [0.717, 1.165) is 44.3 Å². The van der Waals surface area contributed by atoms with E-state index in [9.17, 15) is 4.79 Å². The highest BCUT2D eigenvalue weighted by Gasteiger charge is 2.13. The summed E-state index contributed by atoms with van der Waals surface area (Å²) in [6.45, 7) is 4.81. The average molecular weight is 362 g/mol. The summed E-state index contributed by atoms with van der Waals surface area (Å²) >= 11 is 1.40. The second-order valence-corrected chi connectivity index (χ2v) is 6.46. The number of morpholine rings is 1. The number of carbonyl (C=O) groups is 1. The molecule has 7 nitrogen and oxygen atoms in total. The molecular formula is C17H22N4O3S. The van der Waals surface area contributed by atoms with Crippen LogP contribution in [0.25, 0.3) is 0 Å². The Morgan fingerprint density at radius 3 is 2.80 bits per heavy atom. The maximum Gasteiger partial charge on any atom is 0.270 e. The lowest BCUT2D eigenvalue weighted by Crippen LogP contribution is -2.41. The quantitative estimate of drug-likeness (QED) is 0.784. The van der Waals surface area contributed by atoms with Gasteiger partial charge in [0.2, 0.25) is 0 Å². The molecule has 0 spiro atoms. The van der Waals surface area contributed by atoms with Crippen molar-refractivity contribution in [3.05, 3.63) is 35.3 Å². The number of hydrogen-bond donors (Lipinski definition) is 2. The van der Waals surface area contributed by atoms with E-state index in [1.165, 1.54) is 11.3 Å². The number of amides is 1. The van der Waals surface area contributed by atoms with E-state index in [1.807, 2.05) is 24.3 Å². The lowest BCUT2D eigenvalue weighted by atomic mass is 10.3. The number of nitrogens with one attached hydrogen (secondary N) is 2. The molecule has 3 rings (SSSR count). The van der Waals surface area contributed by atoms with Gasteiger partial charge in [0.1, 0.15) is 11.4 Å². The summed E-state index contributed by atoms with van der Waals surface area (Å²) in [5, 5.41) is 8.55. The Labute approximate surface area is 151 Å². The smallest absolute Gasteiger partial charge is 0.270 e. The van der Waals surface area contributed by atoms with E-state index < -0.39 is 0 Å². The molecule has 134 valence electrons. The molecule has 0 unspecified atom stereocenters. The summed E-state index contributed by atoms with van der Waals surface area (Å²) in [6.07, 6.45) is 0. The third-order valence-corrected chi connectivity index (χ3v) is 4.65. The molecule has 1 aromatic carbocycles. The first-order valence-corrected chi connectivity index (χ1v) is 9.07. The van der Waals surface area contributed by atoms with E-state index >= 15 is 0 Å². The third-order valence-electron chi connectivity index (χ3n) is 3.90. The standard InChI is InChI=1S/C17H22N4O3S/c1-23-14-4-2-13(3-5-14)19-17-20-15(12-25-17)16(22)18-6-7-21-8-10-24-11-9-21/h2-5,12H,6-11H2,1H3,(H,18,22)(H,19,20). The Morgan fingerprint density at radius 2 is 2.08 bits per heavy atom. The molecule has 2 heterocycles. The number of methoxy groups -OCH3 is 1. The summed E-state index contributed by atoms with van der Waals surface area (Å²) in [4.78, 5) is 18.8. The lowest BCUT2D eigenvalue weighted by Gasteiger charge is -2.26. The van der Waals surface area contributed by atoms with Gasteiger partial charge < -0.3 is 20.1 Å². The van der Waals surface area contributed by atoms with Gasteiger partial charge in [0.25, 0.3) is 5.91 Å². The van der Waals surface area contributed by atoms with Gasteiger partial charge in [-0.1, -0.05) is 0 Å². The number of anilines is 2. The summed E-state index contributed by atoms with van der Waals surface area (Å²) in [6, 6.07) is 7.55. The maximum absolute atomic E-state index is 12.2. The van der Waals surface area contributed by atoms with Crippen LogP contribution >= 0.6 is 11.3 Å². The molecule has 8 heteroatoms. The van der Waals surface area contributed by atoms with Crippen LogP contribution in [0.3, 0.4) is 0 Å². The van der Waals surface area contributed by atoms with Crippen LogP contribution in [0, 0.1) is 0 Å². The van der Waals surface area contributed by atoms with Crippen LogP contribution in [0.5, 0.6) is 5.75 Å². The van der Waals surface area contributed by atoms with Crippen molar-refractivity contribution >= 4 is 28.1 Å². The van der Waals surface area contributed by atoms with E-state index in [2.05, 4.69) is 20.5 Å². The molecule has 0 aliphatic carbocycles. The first kappa shape index (κ1) is 17.7. The van der Waals surface area contributed by atoms with Gasteiger partial charge in [-0.3, -0.25) is 9.69 Å². The SMILES string of the molecule is COc1ccc(Nc2nc(C(=O)NCCN3CCOCC3)cs2)cc1. The van der Waals surface area contributed by atoms with Crippen molar-refractivity contribution in [2.75, 3.05) is 51.8 Å². The predicted octanol–water partition coefficient (Wildman–Crippen LogP) is 1.96. The third kappa shape index (κ3) is 5.15. The summed E-state index contributed by atoms with van der Waals surface area (Å²) < 4.78 is 10.4. The van der Waals surface area contributed by atoms with Crippen LogP contribution in [0.15, 0.2) is 29.6 Å². The fourth-order valence-electron chi connectivity index (χ4n) is 2.48. The molecule has 2 N–H and O–H groups in total. The van der Waals surface area contributed by atoms with Crippen LogP contribution in [-0.2, 0) is 4.74 Å². The minimum absolute atomic E-state index is 0.146. The van der Waals surface area contributed by atoms with E-state index in [-0.39, 0.29) is 5.91 Å². The Kier molecular flexibility index (Phi) is 6.21. The van der Waals surface area contributed by atoms with Crippen molar-refractivity contribution in [2.24, 2.45) is 0 Å². The number of nitrogens with zero attached hydrogens (tertiary/aromatic N) is 2. The molecule has 1 amide bonds. The van der Waals surface area contributed by atoms with Crippen LogP contribution in [0.1, 0.15) is 10.5 Å². The lowest BCUT2D eigenvalue weighted by molar-refractivity contribution is 0.0383. The van der Waals surface area contributed by atoms with Gasteiger partial charge in [0, 0.05) is 37.2 Å². The molecule has 1 aromatic heterocycles. The highest BCUT2D eigenvalue weighted by Crippen LogP contribution is 2.22. The zero-order chi connectivity index (χ0) is 17.5. The molecule has 0 atom stereocenters. The molecule has 25 heavy (non-hydrogen) atoms. The number of hydrogen-bond acceptors (Lipinski definition) is 7. The normalized spacial score (nSPS) is 14.9. The topological polar surface area (TPSA) is 75.7 Å². The van der Waals surface area contributed by atoms with Gasteiger partial charge >= 0.3 is 0 Å². The molecule has 0 saturated carbocycles. The number of thiazole rings is 1. The summed E-state index contributed by atoms with van der Waals surface area (Å²) in [7, 11) is 1.63. The largest absolute Gasteiger partial charge is 0.497 e. The zero-order valence-corrected chi connectivity index (χ0v) is 15.0. The number of benzene rings is 1. The van der Waals surface area contributed by atoms with Gasteiger partial charge in [-0.05, 0) is 24.3 Å². The van der Waals surface area contributed by atoms with Crippen molar-refractivity contribution < 1.29 is 14.3 Å². The molecule has 0 radical (unpaired) electrons. The van der Waals surface area contributed by atoms with Crippen LogP contribution < -0.4 is 15.4 Å². The van der Waals surface area contributed by atoms with Gasteiger partial charge in [0.05, 0.1) is 20.3 Å². The Bertz CT molecular complexity index is 683. The fourth-order valence-corrected chi connectivity index (χ4v) is 3.19. The number of carbonyl (C=O) groups excluding carboxylic acids is 1. The van der Waals surface area contributed by atoms with Gasteiger partial charge in [0.15, 0.2) is 5.13 Å². The average Bonchev–Trinajstić information content (AvgIpc) is 3.12. The van der Waals surface area contributed by atoms with Gasteiger partial charge in [-0.25, -0.2) is 4.98 Å². The van der Waals surface area contributed by atoms with Crippen LogP contribution in [0.2, 0.25) is 0 Å². The maximum atomic E-state index is 12.2. The molecule has 1 saturated heterocycles. The van der Waals surface area contributed by atoms with E-state index in [0.29, 0.717) is 17.4 Å². The monoisotopic (exact) mass is 362 g/mol. The van der Waals surface area contributed by atoms with Crippen molar-refractivity contribution in [3.8, 4) is 5.75 Å². The van der Waals surface area contributed by atoms with Crippen LogP contribution in [0.4, 0.5) is 10.8 Å². The number of aromatic nitrogens is 1. The first-order chi connectivity index (χ1) is 12.2. The Balaban J connectivity index is 1.47. The number of rotatable bonds is 7. The zero-order valence-electron chi connectivity index (χ0n) is 14.2. The summed E-state index contributed by atoms with van der Waals surface area (Å²) in [5.74, 6) is 0.650. The number of ether oxygens (including phenoxy) is 2. The molecule has 1 aliphatic rings. The first-order valence-electron chi connectivity index (χ1n) is 8.19. The molecule has 2 aromatic rings. The molecule has 0 bridgehead atoms. The second kappa shape index (κ2) is 8.80. The molecule has 1 aliphatic heterocycles. The second-order valence-electron chi connectivity index (χ2n) is 5.60. The molecular weight excluding hydrogens is 340 g/mol. The van der Waals surface area contributed by atoms with Gasteiger partial charge in [-0.2, -0.15) is 0 Å². The highest BCUT2D eigenvalue weighted by molar-refractivity contribution is 7.14. The Hall–Kier alpha value is -2.16. The van der Waals surface area contributed by atoms with E-state index in [4.69, 9.17) is 9.47 Å². The van der Waals surface area contributed by atoms with E-state index in [1.54, 1.807) is 12.5 Å². The van der Waals surface area contributed by atoms with Crippen molar-refractivity contribution in [3.63, 3.8) is 0 Å².